The fourth-order valence-corrected chi connectivity index (χ4v) is 1.88. The van der Waals surface area contributed by atoms with Gasteiger partial charge in [-0.15, -0.1) is 0 Å². The number of hydrogen-bond acceptors (Lipinski definition) is 2. The number of rotatable bonds is 4. The van der Waals surface area contributed by atoms with Crippen LogP contribution in [-0.4, -0.2) is 11.1 Å². The lowest BCUT2D eigenvalue weighted by molar-refractivity contribution is -0.138. The van der Waals surface area contributed by atoms with E-state index in [2.05, 4.69) is 0 Å². The van der Waals surface area contributed by atoms with Gasteiger partial charge in [-0.05, 0) is 30.5 Å². The van der Waals surface area contributed by atoms with Crippen molar-refractivity contribution in [3.05, 3.63) is 59.5 Å². The van der Waals surface area contributed by atoms with Crippen LogP contribution in [0.25, 0.3) is 0 Å². The van der Waals surface area contributed by atoms with Crippen molar-refractivity contribution in [3.63, 3.8) is 0 Å². The average molecular weight is 230 g/mol. The van der Waals surface area contributed by atoms with E-state index in [0.29, 0.717) is 6.42 Å². The Morgan fingerprint density at radius 3 is 2.82 bits per heavy atom. The quantitative estimate of drug-likeness (QED) is 0.878. The molecular weight excluding hydrogens is 216 g/mol. The van der Waals surface area contributed by atoms with Crippen LogP contribution in [0.15, 0.2) is 47.3 Å². The zero-order valence-electron chi connectivity index (χ0n) is 9.59. The Kier molecular flexibility index (Phi) is 3.28. The number of carbonyl (C=O) groups is 1. The number of hydrogen-bond donors (Lipinski definition) is 1. The van der Waals surface area contributed by atoms with Gasteiger partial charge in [0.05, 0.1) is 18.4 Å². The van der Waals surface area contributed by atoms with E-state index in [1.165, 1.54) is 0 Å². The Labute approximate surface area is 99.7 Å². The molecular formula is C14H14O3. The first-order chi connectivity index (χ1) is 8.16. The standard InChI is InChI=1S/C14H14O3/c1-10-3-2-4-12(7-10)13(14(15)16)8-11-5-6-17-9-11/h2-7,9,13H,8H2,1H3,(H,15,16). The van der Waals surface area contributed by atoms with Crippen LogP contribution in [0.5, 0.6) is 0 Å². The molecule has 0 saturated heterocycles. The van der Waals surface area contributed by atoms with E-state index in [0.717, 1.165) is 16.7 Å². The molecule has 88 valence electrons. The Bertz CT molecular complexity index is 500. The fourth-order valence-electron chi connectivity index (χ4n) is 1.88. The van der Waals surface area contributed by atoms with E-state index in [-0.39, 0.29) is 0 Å². The molecule has 1 aromatic carbocycles. The molecule has 0 fully saturated rings. The predicted octanol–water partition coefficient (Wildman–Crippen LogP) is 3.00. The number of aliphatic carboxylic acids is 1. The summed E-state index contributed by atoms with van der Waals surface area (Å²) < 4.78 is 4.96. The number of carboxylic acids is 1. The molecule has 2 aromatic rings. The zero-order valence-corrected chi connectivity index (χ0v) is 9.59. The molecule has 1 unspecified atom stereocenters. The van der Waals surface area contributed by atoms with Crippen molar-refractivity contribution in [2.75, 3.05) is 0 Å². The highest BCUT2D eigenvalue weighted by Gasteiger charge is 2.20. The van der Waals surface area contributed by atoms with Crippen molar-refractivity contribution in [1.29, 1.82) is 0 Å². The maximum absolute atomic E-state index is 11.3. The number of benzene rings is 1. The Balaban J connectivity index is 2.26. The average Bonchev–Trinajstić information content (AvgIpc) is 2.78. The van der Waals surface area contributed by atoms with Crippen LogP contribution in [-0.2, 0) is 11.2 Å². The molecule has 0 spiro atoms. The molecule has 1 heterocycles. The topological polar surface area (TPSA) is 50.4 Å². The SMILES string of the molecule is Cc1cccc(C(Cc2ccoc2)C(=O)O)c1. The maximum Gasteiger partial charge on any atom is 0.311 e. The van der Waals surface area contributed by atoms with Crippen LogP contribution in [0, 0.1) is 6.92 Å². The minimum absolute atomic E-state index is 0.454. The van der Waals surface area contributed by atoms with Gasteiger partial charge in [-0.1, -0.05) is 29.8 Å². The van der Waals surface area contributed by atoms with Crippen LogP contribution in [0.4, 0.5) is 0 Å². The van der Waals surface area contributed by atoms with Gasteiger partial charge in [-0.25, -0.2) is 0 Å². The van der Waals surface area contributed by atoms with E-state index in [1.807, 2.05) is 31.2 Å². The van der Waals surface area contributed by atoms with Gasteiger partial charge in [-0.3, -0.25) is 4.79 Å². The van der Waals surface area contributed by atoms with E-state index in [9.17, 15) is 9.90 Å². The van der Waals surface area contributed by atoms with Crippen molar-refractivity contribution in [2.24, 2.45) is 0 Å². The van der Waals surface area contributed by atoms with E-state index in [4.69, 9.17) is 4.42 Å². The molecule has 17 heavy (non-hydrogen) atoms. The van der Waals surface area contributed by atoms with Crippen LogP contribution in [0.1, 0.15) is 22.6 Å². The van der Waals surface area contributed by atoms with E-state index in [1.54, 1.807) is 18.6 Å². The Hall–Kier alpha value is -2.03. The molecule has 0 aliphatic rings. The Morgan fingerprint density at radius 1 is 1.41 bits per heavy atom. The molecule has 1 aromatic heterocycles. The Morgan fingerprint density at radius 2 is 2.24 bits per heavy atom. The third-order valence-corrected chi connectivity index (χ3v) is 2.76. The van der Waals surface area contributed by atoms with Crippen molar-refractivity contribution >= 4 is 5.97 Å². The van der Waals surface area contributed by atoms with Crippen LogP contribution in [0.3, 0.4) is 0 Å². The molecule has 3 nitrogen and oxygen atoms in total. The summed E-state index contributed by atoms with van der Waals surface area (Å²) in [5, 5.41) is 9.29. The van der Waals surface area contributed by atoms with Gasteiger partial charge >= 0.3 is 5.97 Å². The van der Waals surface area contributed by atoms with Gasteiger partial charge in [0.2, 0.25) is 0 Å². The van der Waals surface area contributed by atoms with Gasteiger partial charge in [0.25, 0.3) is 0 Å². The molecule has 2 rings (SSSR count). The minimum Gasteiger partial charge on any atom is -0.481 e. The highest BCUT2D eigenvalue weighted by molar-refractivity contribution is 5.76. The third-order valence-electron chi connectivity index (χ3n) is 2.76. The summed E-state index contributed by atoms with van der Waals surface area (Å²) in [7, 11) is 0. The van der Waals surface area contributed by atoms with Gasteiger partial charge in [-0.2, -0.15) is 0 Å². The van der Waals surface area contributed by atoms with Crippen molar-refractivity contribution in [2.45, 2.75) is 19.3 Å². The molecule has 0 amide bonds. The number of aryl methyl sites for hydroxylation is 1. The van der Waals surface area contributed by atoms with E-state index >= 15 is 0 Å². The molecule has 1 N–H and O–H groups in total. The molecule has 0 bridgehead atoms. The molecule has 0 aliphatic carbocycles. The number of carboxylic acid groups (broad SMARTS) is 1. The summed E-state index contributed by atoms with van der Waals surface area (Å²) in [5.74, 6) is -1.33. The first kappa shape index (κ1) is 11.5. The highest BCUT2D eigenvalue weighted by atomic mass is 16.4. The highest BCUT2D eigenvalue weighted by Crippen LogP contribution is 2.22. The maximum atomic E-state index is 11.3. The first-order valence-corrected chi connectivity index (χ1v) is 5.47. The van der Waals surface area contributed by atoms with Crippen molar-refractivity contribution in [3.8, 4) is 0 Å². The molecule has 0 radical (unpaired) electrons. The summed E-state index contributed by atoms with van der Waals surface area (Å²) in [6, 6.07) is 9.41. The van der Waals surface area contributed by atoms with Gasteiger partial charge in [0.1, 0.15) is 0 Å². The van der Waals surface area contributed by atoms with Crippen LogP contribution in [0.2, 0.25) is 0 Å². The molecule has 0 aliphatic heterocycles. The summed E-state index contributed by atoms with van der Waals surface area (Å²) in [5.41, 5.74) is 2.80. The fraction of sp³-hybridized carbons (Fsp3) is 0.214. The summed E-state index contributed by atoms with van der Waals surface area (Å²) in [6.45, 7) is 1.96. The van der Waals surface area contributed by atoms with Crippen LogP contribution >= 0.6 is 0 Å². The van der Waals surface area contributed by atoms with Gasteiger partial charge < -0.3 is 9.52 Å². The first-order valence-electron chi connectivity index (χ1n) is 5.47. The second-order valence-electron chi connectivity index (χ2n) is 4.14. The lowest BCUT2D eigenvalue weighted by Crippen LogP contribution is -2.14. The van der Waals surface area contributed by atoms with E-state index < -0.39 is 11.9 Å². The predicted molar refractivity (Wildman–Crippen MR) is 64.0 cm³/mol. The van der Waals surface area contributed by atoms with Crippen LogP contribution < -0.4 is 0 Å². The van der Waals surface area contributed by atoms with Crippen molar-refractivity contribution in [1.82, 2.24) is 0 Å². The third kappa shape index (κ3) is 2.75. The van der Waals surface area contributed by atoms with Gasteiger partial charge in [0, 0.05) is 0 Å². The molecule has 0 saturated carbocycles. The smallest absolute Gasteiger partial charge is 0.311 e. The van der Waals surface area contributed by atoms with Gasteiger partial charge in [0.15, 0.2) is 0 Å². The monoisotopic (exact) mass is 230 g/mol. The largest absolute Gasteiger partial charge is 0.481 e. The lowest BCUT2D eigenvalue weighted by atomic mass is 9.92. The number of furan rings is 1. The minimum atomic E-state index is -0.809. The summed E-state index contributed by atoms with van der Waals surface area (Å²) in [6.07, 6.45) is 3.60. The normalized spacial score (nSPS) is 12.3. The van der Waals surface area contributed by atoms with Crippen molar-refractivity contribution < 1.29 is 14.3 Å². The second kappa shape index (κ2) is 4.87. The zero-order chi connectivity index (χ0) is 12.3. The lowest BCUT2D eigenvalue weighted by Gasteiger charge is -2.12. The molecule has 1 atom stereocenters. The summed E-state index contributed by atoms with van der Waals surface area (Å²) in [4.78, 5) is 11.3. The molecule has 3 heteroatoms. The second-order valence-corrected chi connectivity index (χ2v) is 4.14. The summed E-state index contributed by atoms with van der Waals surface area (Å²) >= 11 is 0.